The number of fused-ring (bicyclic) bond motifs is 1. The van der Waals surface area contributed by atoms with Crippen molar-refractivity contribution in [2.24, 2.45) is 0 Å². The lowest BCUT2D eigenvalue weighted by atomic mass is 9.98. The van der Waals surface area contributed by atoms with E-state index in [1.165, 1.54) is 0 Å². The molecule has 1 aliphatic rings. The number of ether oxygens (including phenoxy) is 1. The van der Waals surface area contributed by atoms with E-state index in [1.54, 1.807) is 24.3 Å². The molecule has 0 aliphatic carbocycles. The van der Waals surface area contributed by atoms with Gasteiger partial charge < -0.3 is 15.4 Å². The van der Waals surface area contributed by atoms with Crippen LogP contribution in [0.1, 0.15) is 33.1 Å². The summed E-state index contributed by atoms with van der Waals surface area (Å²) in [5.41, 5.74) is 3.38. The Balaban J connectivity index is 1.42. The van der Waals surface area contributed by atoms with Crippen molar-refractivity contribution in [2.45, 2.75) is 12.5 Å². The highest BCUT2D eigenvalue weighted by Crippen LogP contribution is 2.26. The van der Waals surface area contributed by atoms with E-state index in [2.05, 4.69) is 10.6 Å². The van der Waals surface area contributed by atoms with Gasteiger partial charge in [-0.15, -0.1) is 0 Å². The Labute approximate surface area is 180 Å². The normalized spacial score (nSPS) is 13.1. The average Bonchev–Trinajstić information content (AvgIpc) is 3.25. The largest absolute Gasteiger partial charge is 0.493 e. The van der Waals surface area contributed by atoms with Crippen molar-refractivity contribution in [3.05, 3.63) is 100 Å². The Morgan fingerprint density at radius 2 is 1.70 bits per heavy atom. The minimum atomic E-state index is -0.343. The molecule has 1 heterocycles. The van der Waals surface area contributed by atoms with E-state index in [1.807, 2.05) is 48.5 Å². The summed E-state index contributed by atoms with van der Waals surface area (Å²) in [6.45, 7) is 0.512. The van der Waals surface area contributed by atoms with Gasteiger partial charge in [-0.25, -0.2) is 0 Å². The van der Waals surface area contributed by atoms with Crippen LogP contribution in [0.4, 0.5) is 0 Å². The van der Waals surface area contributed by atoms with Gasteiger partial charge in [-0.2, -0.15) is 0 Å². The Morgan fingerprint density at radius 3 is 2.47 bits per heavy atom. The highest BCUT2D eigenvalue weighted by Gasteiger charge is 2.19. The molecule has 3 aromatic carbocycles. The monoisotopic (exact) mass is 420 g/mol. The summed E-state index contributed by atoms with van der Waals surface area (Å²) in [6, 6.07) is 22.0. The molecular formula is C24H21ClN2O3. The number of hydrogen-bond donors (Lipinski definition) is 2. The minimum Gasteiger partial charge on any atom is -0.493 e. The summed E-state index contributed by atoms with van der Waals surface area (Å²) >= 11 is 6.00. The molecule has 0 radical (unpaired) electrons. The van der Waals surface area contributed by atoms with Gasteiger partial charge in [0.2, 0.25) is 5.91 Å². The van der Waals surface area contributed by atoms with Crippen LogP contribution in [-0.4, -0.2) is 25.0 Å². The summed E-state index contributed by atoms with van der Waals surface area (Å²) in [5, 5.41) is 6.32. The van der Waals surface area contributed by atoms with Crippen molar-refractivity contribution in [3.63, 3.8) is 0 Å². The molecule has 3 aromatic rings. The van der Waals surface area contributed by atoms with Gasteiger partial charge in [0.15, 0.2) is 0 Å². The second-order valence-electron chi connectivity index (χ2n) is 7.07. The van der Waals surface area contributed by atoms with E-state index < -0.39 is 0 Å². The quantitative estimate of drug-likeness (QED) is 0.635. The van der Waals surface area contributed by atoms with E-state index in [0.29, 0.717) is 17.2 Å². The zero-order valence-electron chi connectivity index (χ0n) is 16.2. The predicted molar refractivity (Wildman–Crippen MR) is 116 cm³/mol. The van der Waals surface area contributed by atoms with Crippen molar-refractivity contribution >= 4 is 23.4 Å². The van der Waals surface area contributed by atoms with Crippen molar-refractivity contribution in [2.75, 3.05) is 13.2 Å². The first kappa shape index (κ1) is 20.0. The molecule has 2 amide bonds. The maximum atomic E-state index is 12.6. The van der Waals surface area contributed by atoms with E-state index in [0.717, 1.165) is 28.9 Å². The third kappa shape index (κ3) is 4.63. The Hall–Kier alpha value is -3.31. The molecule has 0 fully saturated rings. The maximum absolute atomic E-state index is 12.6. The van der Waals surface area contributed by atoms with Gasteiger partial charge in [0.05, 0.1) is 19.2 Å². The van der Waals surface area contributed by atoms with Crippen molar-refractivity contribution < 1.29 is 14.3 Å². The molecular weight excluding hydrogens is 400 g/mol. The van der Waals surface area contributed by atoms with Crippen LogP contribution in [0.25, 0.3) is 0 Å². The van der Waals surface area contributed by atoms with Gasteiger partial charge in [-0.3, -0.25) is 9.59 Å². The Kier molecular flexibility index (Phi) is 6.00. The Morgan fingerprint density at radius 1 is 0.967 bits per heavy atom. The maximum Gasteiger partial charge on any atom is 0.251 e. The first-order valence-corrected chi connectivity index (χ1v) is 10.1. The first-order chi connectivity index (χ1) is 14.6. The van der Waals surface area contributed by atoms with Crippen LogP contribution in [0.5, 0.6) is 5.75 Å². The van der Waals surface area contributed by atoms with Crippen LogP contribution < -0.4 is 15.4 Å². The highest BCUT2D eigenvalue weighted by atomic mass is 35.5. The molecule has 2 N–H and O–H groups in total. The first-order valence-electron chi connectivity index (χ1n) is 9.74. The molecule has 0 aromatic heterocycles. The standard InChI is InChI=1S/C24H21ClN2O3/c25-20-9-6-17(7-10-20)23(16-4-2-1-3-5-16)27-22(28)15-26-24(29)19-8-11-21-18(14-19)12-13-30-21/h1-11,14,23H,12-13,15H2,(H,26,29)(H,27,28). The molecule has 1 aliphatic heterocycles. The van der Waals surface area contributed by atoms with Gasteiger partial charge in [0.1, 0.15) is 5.75 Å². The molecule has 5 nitrogen and oxygen atoms in total. The summed E-state index contributed by atoms with van der Waals surface area (Å²) in [6.07, 6.45) is 0.788. The number of amides is 2. The lowest BCUT2D eigenvalue weighted by Gasteiger charge is -2.20. The smallest absolute Gasteiger partial charge is 0.251 e. The van der Waals surface area contributed by atoms with Crippen LogP contribution in [0, 0.1) is 0 Å². The van der Waals surface area contributed by atoms with Gasteiger partial charge >= 0.3 is 0 Å². The fourth-order valence-corrected chi connectivity index (χ4v) is 3.59. The zero-order chi connectivity index (χ0) is 20.9. The Bertz CT molecular complexity index is 1050. The van der Waals surface area contributed by atoms with Crippen LogP contribution in [0.3, 0.4) is 0 Å². The number of halogens is 1. The fraction of sp³-hybridized carbons (Fsp3) is 0.167. The second kappa shape index (κ2) is 9.01. The van der Waals surface area contributed by atoms with Crippen LogP contribution in [0.2, 0.25) is 5.02 Å². The summed E-state index contributed by atoms with van der Waals surface area (Å²) in [7, 11) is 0. The number of benzene rings is 3. The van der Waals surface area contributed by atoms with Crippen LogP contribution in [-0.2, 0) is 11.2 Å². The highest BCUT2D eigenvalue weighted by molar-refractivity contribution is 6.30. The molecule has 152 valence electrons. The molecule has 0 spiro atoms. The molecule has 30 heavy (non-hydrogen) atoms. The van der Waals surface area contributed by atoms with Gasteiger partial charge in [-0.05, 0) is 47.0 Å². The summed E-state index contributed by atoms with van der Waals surface area (Å²) in [5.74, 6) is 0.247. The third-order valence-corrected chi connectivity index (χ3v) is 5.25. The zero-order valence-corrected chi connectivity index (χ0v) is 17.0. The number of hydrogen-bond acceptors (Lipinski definition) is 3. The van der Waals surface area contributed by atoms with Crippen molar-refractivity contribution in [3.8, 4) is 5.75 Å². The minimum absolute atomic E-state index is 0.122. The molecule has 6 heteroatoms. The lowest BCUT2D eigenvalue weighted by Crippen LogP contribution is -2.39. The number of carbonyl (C=O) groups is 2. The SMILES string of the molecule is O=C(CNC(=O)c1ccc2c(c1)CCO2)NC(c1ccccc1)c1ccc(Cl)cc1. The van der Waals surface area contributed by atoms with E-state index in [-0.39, 0.29) is 24.4 Å². The fourth-order valence-electron chi connectivity index (χ4n) is 3.46. The van der Waals surface area contributed by atoms with Gasteiger partial charge in [0, 0.05) is 17.0 Å². The van der Waals surface area contributed by atoms with E-state index >= 15 is 0 Å². The molecule has 0 saturated heterocycles. The van der Waals surface area contributed by atoms with Gasteiger partial charge in [-0.1, -0.05) is 54.1 Å². The average molecular weight is 421 g/mol. The molecule has 0 saturated carbocycles. The third-order valence-electron chi connectivity index (χ3n) is 5.00. The number of carbonyl (C=O) groups excluding carboxylic acids is 2. The van der Waals surface area contributed by atoms with Crippen LogP contribution in [0.15, 0.2) is 72.8 Å². The van der Waals surface area contributed by atoms with E-state index in [4.69, 9.17) is 16.3 Å². The topological polar surface area (TPSA) is 67.4 Å². The molecule has 1 unspecified atom stereocenters. The predicted octanol–water partition coefficient (Wildman–Crippen LogP) is 3.91. The number of nitrogens with one attached hydrogen (secondary N) is 2. The molecule has 4 rings (SSSR count). The summed E-state index contributed by atoms with van der Waals surface area (Å²) in [4.78, 5) is 25.1. The van der Waals surface area contributed by atoms with Gasteiger partial charge in [0.25, 0.3) is 5.91 Å². The molecule has 1 atom stereocenters. The van der Waals surface area contributed by atoms with Crippen molar-refractivity contribution in [1.29, 1.82) is 0 Å². The second-order valence-corrected chi connectivity index (χ2v) is 7.50. The lowest BCUT2D eigenvalue weighted by molar-refractivity contribution is -0.120. The molecule has 0 bridgehead atoms. The summed E-state index contributed by atoms with van der Waals surface area (Å²) < 4.78 is 5.46. The van der Waals surface area contributed by atoms with E-state index in [9.17, 15) is 9.59 Å². The van der Waals surface area contributed by atoms with Crippen LogP contribution >= 0.6 is 11.6 Å². The van der Waals surface area contributed by atoms with Crippen molar-refractivity contribution in [1.82, 2.24) is 10.6 Å². The number of rotatable bonds is 6.